The van der Waals surface area contributed by atoms with Crippen LogP contribution in [0.1, 0.15) is 52.0 Å². The van der Waals surface area contributed by atoms with Crippen LogP contribution in [-0.2, 0) is 0 Å². The van der Waals surface area contributed by atoms with Crippen molar-refractivity contribution in [2.24, 2.45) is 0 Å². The first-order valence-corrected chi connectivity index (χ1v) is 7.00. The highest BCUT2D eigenvalue weighted by atomic mass is 16.3. The zero-order valence-electron chi connectivity index (χ0n) is 12.0. The molecule has 0 spiro atoms. The quantitative estimate of drug-likeness (QED) is 0.882. The van der Waals surface area contributed by atoms with Gasteiger partial charge in [0.15, 0.2) is 23.1 Å². The summed E-state index contributed by atoms with van der Waals surface area (Å²) in [6.45, 7) is 0. The van der Waals surface area contributed by atoms with E-state index in [0.29, 0.717) is 11.8 Å². The van der Waals surface area contributed by atoms with E-state index in [1.165, 1.54) is 31.9 Å². The van der Waals surface area contributed by atoms with E-state index in [-0.39, 0.29) is 23.1 Å². The Bertz CT molecular complexity index is 691. The van der Waals surface area contributed by atoms with Gasteiger partial charge in [-0.2, -0.15) is 0 Å². The Balaban J connectivity index is 1.65. The molecule has 2 amide bonds. The molecule has 8 heteroatoms. The first-order chi connectivity index (χ1) is 10.7. The highest BCUT2D eigenvalue weighted by Gasteiger charge is 2.25. The lowest BCUT2D eigenvalue weighted by molar-refractivity contribution is 0.0956. The fourth-order valence-corrected chi connectivity index (χ4v) is 2.06. The second-order valence-corrected chi connectivity index (χ2v) is 5.04. The van der Waals surface area contributed by atoms with Gasteiger partial charge in [0.2, 0.25) is 0 Å². The molecule has 2 aromatic heterocycles. The maximum absolute atomic E-state index is 12.1. The Morgan fingerprint density at radius 3 is 2.59 bits per heavy atom. The molecule has 0 bridgehead atoms. The Morgan fingerprint density at radius 1 is 1.18 bits per heavy atom. The predicted molar refractivity (Wildman–Crippen MR) is 76.5 cm³/mol. The SMILES string of the molecule is CNC(=O)c1ccc(NC(=O)c2coc(C3CCC3)n2)nn1. The summed E-state index contributed by atoms with van der Waals surface area (Å²) >= 11 is 0. The van der Waals surface area contributed by atoms with Gasteiger partial charge in [-0.15, -0.1) is 10.2 Å². The van der Waals surface area contributed by atoms with Crippen LogP contribution in [0.4, 0.5) is 5.82 Å². The number of nitrogens with one attached hydrogen (secondary N) is 2. The van der Waals surface area contributed by atoms with Crippen molar-refractivity contribution in [1.29, 1.82) is 0 Å². The van der Waals surface area contributed by atoms with Gasteiger partial charge in [0.1, 0.15) is 6.26 Å². The molecular weight excluding hydrogens is 286 g/mol. The molecule has 2 N–H and O–H groups in total. The maximum Gasteiger partial charge on any atom is 0.278 e. The summed E-state index contributed by atoms with van der Waals surface area (Å²) in [5.74, 6) is 0.416. The van der Waals surface area contributed by atoms with Crippen molar-refractivity contribution in [3.63, 3.8) is 0 Å². The van der Waals surface area contributed by atoms with Crippen LogP contribution in [0.2, 0.25) is 0 Å². The molecule has 0 atom stereocenters. The Hall–Kier alpha value is -2.77. The summed E-state index contributed by atoms with van der Waals surface area (Å²) in [6, 6.07) is 2.98. The molecule has 1 saturated carbocycles. The lowest BCUT2D eigenvalue weighted by atomic mass is 9.85. The van der Waals surface area contributed by atoms with Crippen LogP contribution in [-0.4, -0.2) is 34.0 Å². The average Bonchev–Trinajstić information content (AvgIpc) is 2.95. The molecule has 0 radical (unpaired) electrons. The maximum atomic E-state index is 12.1. The summed E-state index contributed by atoms with van der Waals surface area (Å²) in [5.41, 5.74) is 0.383. The standard InChI is InChI=1S/C14H15N5O3/c1-15-12(20)9-5-6-11(19-18-9)17-13(21)10-7-22-14(16-10)8-3-2-4-8/h5-8H,2-4H2,1H3,(H,15,20)(H,17,19,21). The highest BCUT2D eigenvalue weighted by molar-refractivity contribution is 6.02. The number of oxazole rings is 1. The lowest BCUT2D eigenvalue weighted by Crippen LogP contribution is -2.20. The summed E-state index contributed by atoms with van der Waals surface area (Å²) in [5, 5.41) is 12.5. The third kappa shape index (κ3) is 2.80. The number of carbonyl (C=O) groups excluding carboxylic acids is 2. The fraction of sp³-hybridized carbons (Fsp3) is 0.357. The van der Waals surface area contributed by atoms with E-state index in [0.717, 1.165) is 12.8 Å². The molecule has 0 aromatic carbocycles. The molecule has 0 unspecified atom stereocenters. The molecular formula is C14H15N5O3. The van der Waals surface area contributed by atoms with Gasteiger partial charge >= 0.3 is 0 Å². The van der Waals surface area contributed by atoms with Gasteiger partial charge in [-0.25, -0.2) is 4.98 Å². The minimum atomic E-state index is -0.420. The average molecular weight is 301 g/mol. The Labute approximate surface area is 126 Å². The minimum Gasteiger partial charge on any atom is -0.448 e. The summed E-state index contributed by atoms with van der Waals surface area (Å²) < 4.78 is 5.33. The zero-order valence-corrected chi connectivity index (χ0v) is 12.0. The first kappa shape index (κ1) is 14.2. The molecule has 3 rings (SSSR count). The lowest BCUT2D eigenvalue weighted by Gasteiger charge is -2.21. The van der Waals surface area contributed by atoms with Crippen LogP contribution >= 0.6 is 0 Å². The van der Waals surface area contributed by atoms with Gasteiger partial charge in [0.25, 0.3) is 11.8 Å². The number of hydrogen-bond acceptors (Lipinski definition) is 6. The molecule has 8 nitrogen and oxygen atoms in total. The second kappa shape index (κ2) is 5.92. The summed E-state index contributed by atoms with van der Waals surface area (Å²) in [7, 11) is 1.50. The topological polar surface area (TPSA) is 110 Å². The molecule has 114 valence electrons. The number of aromatic nitrogens is 3. The molecule has 0 aliphatic heterocycles. The number of amides is 2. The monoisotopic (exact) mass is 301 g/mol. The summed E-state index contributed by atoms with van der Waals surface area (Å²) in [4.78, 5) is 27.6. The van der Waals surface area contributed by atoms with E-state index in [1.54, 1.807) is 0 Å². The highest BCUT2D eigenvalue weighted by Crippen LogP contribution is 2.35. The van der Waals surface area contributed by atoms with Gasteiger partial charge in [-0.05, 0) is 25.0 Å². The van der Waals surface area contributed by atoms with Gasteiger partial charge < -0.3 is 15.1 Å². The van der Waals surface area contributed by atoms with E-state index in [4.69, 9.17) is 4.42 Å². The van der Waals surface area contributed by atoms with Crippen molar-refractivity contribution in [2.45, 2.75) is 25.2 Å². The van der Waals surface area contributed by atoms with Crippen molar-refractivity contribution in [2.75, 3.05) is 12.4 Å². The number of rotatable bonds is 4. The zero-order chi connectivity index (χ0) is 15.5. The molecule has 2 aromatic rings. The normalized spacial score (nSPS) is 14.2. The molecule has 1 aliphatic rings. The van der Waals surface area contributed by atoms with Gasteiger partial charge in [0, 0.05) is 13.0 Å². The molecule has 1 aliphatic carbocycles. The molecule has 22 heavy (non-hydrogen) atoms. The smallest absolute Gasteiger partial charge is 0.278 e. The van der Waals surface area contributed by atoms with Crippen molar-refractivity contribution >= 4 is 17.6 Å². The van der Waals surface area contributed by atoms with Gasteiger partial charge in [-0.1, -0.05) is 6.42 Å². The van der Waals surface area contributed by atoms with Gasteiger partial charge in [-0.3, -0.25) is 9.59 Å². The van der Waals surface area contributed by atoms with E-state index in [9.17, 15) is 9.59 Å². The Kier molecular flexibility index (Phi) is 3.82. The fourth-order valence-electron chi connectivity index (χ4n) is 2.06. The van der Waals surface area contributed by atoms with Crippen LogP contribution < -0.4 is 10.6 Å². The summed E-state index contributed by atoms with van der Waals surface area (Å²) in [6.07, 6.45) is 4.61. The molecule has 0 saturated heterocycles. The van der Waals surface area contributed by atoms with Crippen molar-refractivity contribution < 1.29 is 14.0 Å². The van der Waals surface area contributed by atoms with Crippen LogP contribution in [0.3, 0.4) is 0 Å². The van der Waals surface area contributed by atoms with Crippen LogP contribution in [0.15, 0.2) is 22.8 Å². The number of nitrogens with zero attached hydrogens (tertiary/aromatic N) is 3. The molecule has 1 fully saturated rings. The number of anilines is 1. The first-order valence-electron chi connectivity index (χ1n) is 7.00. The Morgan fingerprint density at radius 2 is 2.00 bits per heavy atom. The van der Waals surface area contributed by atoms with Gasteiger partial charge in [0.05, 0.1) is 0 Å². The van der Waals surface area contributed by atoms with E-state index < -0.39 is 5.91 Å². The van der Waals surface area contributed by atoms with E-state index in [1.807, 2.05) is 0 Å². The van der Waals surface area contributed by atoms with Crippen LogP contribution in [0.5, 0.6) is 0 Å². The molecule has 2 heterocycles. The van der Waals surface area contributed by atoms with Crippen LogP contribution in [0.25, 0.3) is 0 Å². The number of hydrogen-bond donors (Lipinski definition) is 2. The van der Waals surface area contributed by atoms with Crippen molar-refractivity contribution in [3.05, 3.63) is 35.7 Å². The second-order valence-electron chi connectivity index (χ2n) is 5.04. The van der Waals surface area contributed by atoms with Crippen molar-refractivity contribution in [3.8, 4) is 0 Å². The van der Waals surface area contributed by atoms with E-state index in [2.05, 4.69) is 25.8 Å². The third-order valence-electron chi connectivity index (χ3n) is 3.57. The number of carbonyl (C=O) groups is 2. The minimum absolute atomic E-state index is 0.175. The third-order valence-corrected chi connectivity index (χ3v) is 3.57. The predicted octanol–water partition coefficient (Wildman–Crippen LogP) is 1.34. The van der Waals surface area contributed by atoms with Crippen LogP contribution in [0, 0.1) is 0 Å². The van der Waals surface area contributed by atoms with Crippen molar-refractivity contribution in [1.82, 2.24) is 20.5 Å². The largest absolute Gasteiger partial charge is 0.448 e. The van der Waals surface area contributed by atoms with E-state index >= 15 is 0 Å².